The fraction of sp³-hybridized carbons (Fsp3) is 0.364. The molecule has 0 saturated heterocycles. The first kappa shape index (κ1) is 21.1. The van der Waals surface area contributed by atoms with Crippen LogP contribution in [0.1, 0.15) is 17.8 Å². The van der Waals surface area contributed by atoms with Gasteiger partial charge in [-0.05, 0) is 49.2 Å². The lowest BCUT2D eigenvalue weighted by Gasteiger charge is -2.11. The number of benzene rings is 2. The van der Waals surface area contributed by atoms with E-state index in [1.54, 1.807) is 0 Å². The van der Waals surface area contributed by atoms with Gasteiger partial charge in [0.2, 0.25) is 5.91 Å². The fourth-order valence-corrected chi connectivity index (χ4v) is 3.30. The number of halogens is 1. The first-order chi connectivity index (χ1) is 14.1. The summed E-state index contributed by atoms with van der Waals surface area (Å²) in [6.07, 6.45) is 1.49. The highest BCUT2D eigenvalue weighted by molar-refractivity contribution is 6.31. The lowest BCUT2D eigenvalue weighted by Crippen LogP contribution is -2.29. The van der Waals surface area contributed by atoms with Crippen molar-refractivity contribution in [1.82, 2.24) is 14.9 Å². The van der Waals surface area contributed by atoms with Crippen LogP contribution < -0.4 is 10.1 Å². The van der Waals surface area contributed by atoms with Crippen molar-refractivity contribution < 1.29 is 14.3 Å². The van der Waals surface area contributed by atoms with Gasteiger partial charge in [0.05, 0.1) is 17.6 Å². The molecule has 0 aliphatic heterocycles. The van der Waals surface area contributed by atoms with Crippen LogP contribution in [0, 0.1) is 6.92 Å². The van der Waals surface area contributed by atoms with Gasteiger partial charge in [0.25, 0.3) is 0 Å². The molecule has 1 heterocycles. The Morgan fingerprint density at radius 1 is 1.24 bits per heavy atom. The van der Waals surface area contributed by atoms with Gasteiger partial charge in [0.1, 0.15) is 18.2 Å². The summed E-state index contributed by atoms with van der Waals surface area (Å²) >= 11 is 6.06. The molecule has 154 valence electrons. The minimum atomic E-state index is -0.123. The number of hydrogen-bond donors (Lipinski definition) is 1. The van der Waals surface area contributed by atoms with Gasteiger partial charge in [-0.1, -0.05) is 23.7 Å². The second-order valence-electron chi connectivity index (χ2n) is 6.81. The lowest BCUT2D eigenvalue weighted by atomic mass is 10.2. The van der Waals surface area contributed by atoms with E-state index < -0.39 is 0 Å². The van der Waals surface area contributed by atoms with Crippen molar-refractivity contribution in [3.63, 3.8) is 0 Å². The minimum absolute atomic E-state index is 0.0674. The number of nitrogens with zero attached hydrogens (tertiary/aromatic N) is 2. The molecule has 0 radical (unpaired) electrons. The zero-order chi connectivity index (χ0) is 20.6. The number of aryl methyl sites for hydroxylation is 2. The summed E-state index contributed by atoms with van der Waals surface area (Å²) < 4.78 is 12.9. The molecule has 0 aliphatic rings. The zero-order valence-corrected chi connectivity index (χ0v) is 17.5. The van der Waals surface area contributed by atoms with Crippen LogP contribution in [0.2, 0.25) is 5.02 Å². The highest BCUT2D eigenvalue weighted by atomic mass is 35.5. The highest BCUT2D eigenvalue weighted by Crippen LogP contribution is 2.21. The third-order valence-electron chi connectivity index (χ3n) is 4.60. The Balaban J connectivity index is 1.60. The molecule has 0 bridgehead atoms. The molecule has 3 rings (SSSR count). The number of imidazole rings is 1. The van der Waals surface area contributed by atoms with E-state index >= 15 is 0 Å². The highest BCUT2D eigenvalue weighted by Gasteiger charge is 2.11. The van der Waals surface area contributed by atoms with Gasteiger partial charge in [-0.2, -0.15) is 0 Å². The Kier molecular flexibility index (Phi) is 7.49. The second kappa shape index (κ2) is 10.3. The molecule has 0 unspecified atom stereocenters. The van der Waals surface area contributed by atoms with E-state index in [9.17, 15) is 4.79 Å². The minimum Gasteiger partial charge on any atom is -0.494 e. The maximum Gasteiger partial charge on any atom is 0.245 e. The topological polar surface area (TPSA) is 65.4 Å². The number of hydrogen-bond acceptors (Lipinski definition) is 4. The van der Waals surface area contributed by atoms with Gasteiger partial charge >= 0.3 is 0 Å². The third-order valence-corrected chi connectivity index (χ3v) is 5.03. The summed E-state index contributed by atoms with van der Waals surface area (Å²) in [7, 11) is 1.51. The van der Waals surface area contributed by atoms with Gasteiger partial charge < -0.3 is 19.4 Å². The molecule has 3 aromatic rings. The normalized spacial score (nSPS) is 11.0. The first-order valence-electron chi connectivity index (χ1n) is 9.67. The lowest BCUT2D eigenvalue weighted by molar-refractivity contribution is -0.124. The molecule has 0 saturated carbocycles. The van der Waals surface area contributed by atoms with Crippen LogP contribution in [-0.4, -0.2) is 42.3 Å². The van der Waals surface area contributed by atoms with Gasteiger partial charge in [-0.25, -0.2) is 4.98 Å². The molecule has 1 aromatic heterocycles. The number of nitrogens with one attached hydrogen (secondary N) is 1. The molecule has 1 N–H and O–H groups in total. The standard InChI is InChI=1S/C22H26ClN3O3/c1-16-14-17(8-9-18(16)23)29-13-5-12-26-20-7-4-3-6-19(20)25-21(26)10-11-24-22(27)15-28-2/h3-4,6-9,14H,5,10-13,15H2,1-2H3,(H,24,27). The van der Waals surface area contributed by atoms with Gasteiger partial charge in [0.15, 0.2) is 0 Å². The average Bonchev–Trinajstić information content (AvgIpc) is 3.05. The maximum absolute atomic E-state index is 11.6. The fourth-order valence-electron chi connectivity index (χ4n) is 3.18. The van der Waals surface area contributed by atoms with Crippen molar-refractivity contribution >= 4 is 28.5 Å². The number of carbonyl (C=O) groups excluding carboxylic acids is 1. The second-order valence-corrected chi connectivity index (χ2v) is 7.22. The predicted octanol–water partition coefficient (Wildman–Crippen LogP) is 3.77. The van der Waals surface area contributed by atoms with Gasteiger partial charge in [-0.3, -0.25) is 4.79 Å². The van der Waals surface area contributed by atoms with Crippen LogP contribution in [0.4, 0.5) is 0 Å². The molecule has 1 amide bonds. The smallest absolute Gasteiger partial charge is 0.245 e. The average molecular weight is 416 g/mol. The zero-order valence-electron chi connectivity index (χ0n) is 16.8. The Hall–Kier alpha value is -2.57. The molecule has 0 aliphatic carbocycles. The van der Waals surface area contributed by atoms with Crippen LogP contribution in [-0.2, 0) is 22.5 Å². The molecule has 2 aromatic carbocycles. The SMILES string of the molecule is COCC(=O)NCCc1nc2ccccc2n1CCCOc1ccc(Cl)c(C)c1. The van der Waals surface area contributed by atoms with E-state index in [1.807, 2.05) is 43.3 Å². The summed E-state index contributed by atoms with van der Waals surface area (Å²) in [5.41, 5.74) is 3.05. The van der Waals surface area contributed by atoms with Crippen molar-refractivity contribution in [2.75, 3.05) is 26.9 Å². The molecule has 0 fully saturated rings. The van der Waals surface area contributed by atoms with E-state index in [0.29, 0.717) is 19.6 Å². The van der Waals surface area contributed by atoms with Crippen molar-refractivity contribution in [2.24, 2.45) is 0 Å². The van der Waals surface area contributed by atoms with Gasteiger partial charge in [-0.15, -0.1) is 0 Å². The molecular formula is C22H26ClN3O3. The molecule has 6 nitrogen and oxygen atoms in total. The van der Waals surface area contributed by atoms with Crippen molar-refractivity contribution in [1.29, 1.82) is 0 Å². The van der Waals surface area contributed by atoms with Crippen LogP contribution in [0.15, 0.2) is 42.5 Å². The predicted molar refractivity (Wildman–Crippen MR) is 115 cm³/mol. The summed E-state index contributed by atoms with van der Waals surface area (Å²) in [6, 6.07) is 13.8. The Morgan fingerprint density at radius 2 is 2.07 bits per heavy atom. The van der Waals surface area contributed by atoms with Crippen molar-refractivity contribution in [3.05, 3.63) is 58.9 Å². The largest absolute Gasteiger partial charge is 0.494 e. The van der Waals surface area contributed by atoms with Crippen LogP contribution >= 0.6 is 11.6 Å². The van der Waals surface area contributed by atoms with E-state index in [1.165, 1.54) is 7.11 Å². The number of aromatic nitrogens is 2. The molecule has 7 heteroatoms. The van der Waals surface area contributed by atoms with Crippen LogP contribution in [0.5, 0.6) is 5.75 Å². The molecule has 0 spiro atoms. The molecular weight excluding hydrogens is 390 g/mol. The Labute approximate surface area is 175 Å². The van der Waals surface area contributed by atoms with E-state index in [2.05, 4.69) is 16.0 Å². The monoisotopic (exact) mass is 415 g/mol. The summed E-state index contributed by atoms with van der Waals surface area (Å²) in [6.45, 7) is 3.93. The Bertz CT molecular complexity index is 971. The van der Waals surface area contributed by atoms with E-state index in [-0.39, 0.29) is 12.5 Å². The van der Waals surface area contributed by atoms with Crippen LogP contribution in [0.25, 0.3) is 11.0 Å². The summed E-state index contributed by atoms with van der Waals surface area (Å²) in [5.74, 6) is 1.65. The van der Waals surface area contributed by atoms with E-state index in [4.69, 9.17) is 26.1 Å². The first-order valence-corrected chi connectivity index (χ1v) is 10.0. The van der Waals surface area contributed by atoms with Gasteiger partial charge in [0, 0.05) is 31.6 Å². The van der Waals surface area contributed by atoms with Crippen LogP contribution in [0.3, 0.4) is 0 Å². The van der Waals surface area contributed by atoms with E-state index in [0.717, 1.165) is 46.2 Å². The summed E-state index contributed by atoms with van der Waals surface area (Å²) in [5, 5.41) is 3.59. The van der Waals surface area contributed by atoms with Crippen molar-refractivity contribution in [2.45, 2.75) is 26.3 Å². The number of fused-ring (bicyclic) bond motifs is 1. The quantitative estimate of drug-likeness (QED) is 0.512. The molecule has 0 atom stereocenters. The number of amides is 1. The number of rotatable bonds is 10. The Morgan fingerprint density at radius 3 is 2.86 bits per heavy atom. The number of methoxy groups -OCH3 is 1. The number of para-hydroxylation sites is 2. The maximum atomic E-state index is 11.6. The number of ether oxygens (including phenoxy) is 2. The van der Waals surface area contributed by atoms with Crippen molar-refractivity contribution in [3.8, 4) is 5.75 Å². The molecule has 29 heavy (non-hydrogen) atoms. The summed E-state index contributed by atoms with van der Waals surface area (Å²) in [4.78, 5) is 16.3. The number of carbonyl (C=O) groups is 1. The third kappa shape index (κ3) is 5.71.